The molecule has 0 spiro atoms. The maximum absolute atomic E-state index is 12.4. The van der Waals surface area contributed by atoms with Crippen molar-refractivity contribution in [2.24, 2.45) is 0 Å². The molecule has 0 atom stereocenters. The first-order valence-electron chi connectivity index (χ1n) is 7.88. The van der Waals surface area contributed by atoms with Crippen molar-refractivity contribution in [3.05, 3.63) is 0 Å². The van der Waals surface area contributed by atoms with Crippen molar-refractivity contribution in [2.45, 2.75) is 69.4 Å². The molecule has 120 valence electrons. The van der Waals surface area contributed by atoms with Crippen LogP contribution in [0.1, 0.15) is 58.3 Å². The molecule has 0 aromatic heterocycles. The van der Waals surface area contributed by atoms with E-state index in [1.54, 1.807) is 11.8 Å². The summed E-state index contributed by atoms with van der Waals surface area (Å²) in [6.45, 7) is 2.70. The highest BCUT2D eigenvalue weighted by atomic mass is 16.4. The molecule has 0 radical (unpaired) electrons. The summed E-state index contributed by atoms with van der Waals surface area (Å²) < 4.78 is 0. The maximum Gasteiger partial charge on any atom is 0.329 e. The number of urea groups is 1. The lowest BCUT2D eigenvalue weighted by Crippen LogP contribution is -2.59. The molecule has 2 aliphatic rings. The normalized spacial score (nSPS) is 25.0. The zero-order valence-electron chi connectivity index (χ0n) is 12.7. The van der Waals surface area contributed by atoms with Gasteiger partial charge in [0.25, 0.3) is 0 Å². The van der Waals surface area contributed by atoms with E-state index in [2.05, 4.69) is 5.32 Å². The molecule has 1 heterocycles. The Balaban J connectivity index is 2.00. The summed E-state index contributed by atoms with van der Waals surface area (Å²) in [5.41, 5.74) is -1.84. The van der Waals surface area contributed by atoms with Gasteiger partial charge in [-0.05, 0) is 32.6 Å². The fourth-order valence-electron chi connectivity index (χ4n) is 3.20. The van der Waals surface area contributed by atoms with Crippen LogP contribution in [0.15, 0.2) is 0 Å². The summed E-state index contributed by atoms with van der Waals surface area (Å²) in [6.07, 6.45) is 5.78. The van der Waals surface area contributed by atoms with Crippen LogP contribution >= 0.6 is 0 Å². The van der Waals surface area contributed by atoms with Crippen molar-refractivity contribution < 1.29 is 19.8 Å². The molecule has 0 bridgehead atoms. The third-order valence-electron chi connectivity index (χ3n) is 4.84. The number of amides is 2. The first kappa shape index (κ1) is 16.1. The molecule has 0 aromatic carbocycles. The number of rotatable bonds is 2. The zero-order chi connectivity index (χ0) is 15.5. The highest BCUT2D eigenvalue weighted by Crippen LogP contribution is 2.28. The minimum atomic E-state index is -1.12. The van der Waals surface area contributed by atoms with E-state index < -0.39 is 17.1 Å². The van der Waals surface area contributed by atoms with E-state index in [9.17, 15) is 19.8 Å². The number of hydrogen-bond donors (Lipinski definition) is 3. The van der Waals surface area contributed by atoms with Crippen molar-refractivity contribution >= 4 is 12.0 Å². The van der Waals surface area contributed by atoms with Gasteiger partial charge in [-0.3, -0.25) is 0 Å². The van der Waals surface area contributed by atoms with Crippen LogP contribution in [-0.2, 0) is 4.79 Å². The van der Waals surface area contributed by atoms with Crippen LogP contribution in [0.5, 0.6) is 0 Å². The van der Waals surface area contributed by atoms with Crippen molar-refractivity contribution in [2.75, 3.05) is 13.1 Å². The zero-order valence-corrected chi connectivity index (χ0v) is 12.7. The molecule has 1 aliphatic heterocycles. The van der Waals surface area contributed by atoms with E-state index >= 15 is 0 Å². The number of nitrogens with one attached hydrogen (secondary N) is 1. The topological polar surface area (TPSA) is 89.9 Å². The lowest BCUT2D eigenvalue weighted by Gasteiger charge is -2.38. The average Bonchev–Trinajstić information content (AvgIpc) is 2.65. The molecular weight excluding hydrogens is 272 g/mol. The Morgan fingerprint density at radius 1 is 1.00 bits per heavy atom. The minimum Gasteiger partial charge on any atom is -0.480 e. The number of likely N-dealkylation sites (tertiary alicyclic amines) is 1. The fourth-order valence-corrected chi connectivity index (χ4v) is 3.20. The predicted molar refractivity (Wildman–Crippen MR) is 78.0 cm³/mol. The van der Waals surface area contributed by atoms with Gasteiger partial charge in [0.1, 0.15) is 5.54 Å². The molecular formula is C15H26N2O4. The molecule has 6 heteroatoms. The van der Waals surface area contributed by atoms with Crippen LogP contribution in [0.25, 0.3) is 0 Å². The largest absolute Gasteiger partial charge is 0.480 e. The SMILES string of the molecule is CC1(O)CCN(C(=O)NC2(C(=O)O)CCCCCC2)CC1. The van der Waals surface area contributed by atoms with E-state index in [0.717, 1.165) is 25.7 Å². The van der Waals surface area contributed by atoms with Gasteiger partial charge in [0.2, 0.25) is 0 Å². The van der Waals surface area contributed by atoms with Gasteiger partial charge in [-0.1, -0.05) is 25.7 Å². The van der Waals surface area contributed by atoms with Crippen molar-refractivity contribution in [1.82, 2.24) is 10.2 Å². The Bertz CT molecular complexity index is 390. The molecule has 3 N–H and O–H groups in total. The quantitative estimate of drug-likeness (QED) is 0.677. The number of nitrogens with zero attached hydrogens (tertiary/aromatic N) is 1. The Morgan fingerprint density at radius 2 is 1.52 bits per heavy atom. The standard InChI is InChI=1S/C15H26N2O4/c1-14(21)8-10-17(11-9-14)13(20)16-15(12(18)19)6-4-2-3-5-7-15/h21H,2-11H2,1H3,(H,16,20)(H,18,19). The van der Waals surface area contributed by atoms with Crippen molar-refractivity contribution in [1.29, 1.82) is 0 Å². The Morgan fingerprint density at radius 3 is 2.00 bits per heavy atom. The first-order valence-corrected chi connectivity index (χ1v) is 7.88. The molecule has 0 aromatic rings. The van der Waals surface area contributed by atoms with E-state index in [1.165, 1.54) is 0 Å². The third-order valence-corrected chi connectivity index (χ3v) is 4.84. The number of carbonyl (C=O) groups excluding carboxylic acids is 1. The van der Waals surface area contributed by atoms with Gasteiger partial charge in [0, 0.05) is 13.1 Å². The molecule has 1 aliphatic carbocycles. The van der Waals surface area contributed by atoms with Gasteiger partial charge in [-0.2, -0.15) is 0 Å². The summed E-state index contributed by atoms with van der Waals surface area (Å²) >= 11 is 0. The molecule has 2 fully saturated rings. The highest BCUT2D eigenvalue weighted by Gasteiger charge is 2.41. The number of carbonyl (C=O) groups is 2. The predicted octanol–water partition coefficient (Wildman–Crippen LogP) is 1.72. The van der Waals surface area contributed by atoms with Gasteiger partial charge in [0.15, 0.2) is 0 Å². The molecule has 1 saturated heterocycles. The van der Waals surface area contributed by atoms with Gasteiger partial charge >= 0.3 is 12.0 Å². The third kappa shape index (κ3) is 3.87. The number of carboxylic acid groups (broad SMARTS) is 1. The maximum atomic E-state index is 12.4. The van der Waals surface area contributed by atoms with Gasteiger partial charge < -0.3 is 20.4 Å². The van der Waals surface area contributed by atoms with Crippen LogP contribution in [0, 0.1) is 0 Å². The van der Waals surface area contributed by atoms with Crippen molar-refractivity contribution in [3.8, 4) is 0 Å². The molecule has 1 saturated carbocycles. The number of piperidine rings is 1. The molecule has 0 unspecified atom stereocenters. The molecule has 2 rings (SSSR count). The molecule has 21 heavy (non-hydrogen) atoms. The van der Waals surface area contributed by atoms with E-state index in [-0.39, 0.29) is 6.03 Å². The van der Waals surface area contributed by atoms with Crippen LogP contribution in [0.2, 0.25) is 0 Å². The highest BCUT2D eigenvalue weighted by molar-refractivity contribution is 5.86. The van der Waals surface area contributed by atoms with Gasteiger partial charge in [-0.15, -0.1) is 0 Å². The Hall–Kier alpha value is -1.30. The summed E-state index contributed by atoms with van der Waals surface area (Å²) in [6, 6.07) is -0.310. The van der Waals surface area contributed by atoms with Crippen LogP contribution in [-0.4, -0.2) is 51.3 Å². The Kier molecular flexibility index (Phi) is 4.76. The Labute approximate surface area is 125 Å². The lowest BCUT2D eigenvalue weighted by atomic mass is 9.90. The second-order valence-electron chi connectivity index (χ2n) is 6.72. The second-order valence-corrected chi connectivity index (χ2v) is 6.72. The number of aliphatic hydroxyl groups is 1. The fraction of sp³-hybridized carbons (Fsp3) is 0.867. The van der Waals surface area contributed by atoms with Crippen LogP contribution < -0.4 is 5.32 Å². The molecule has 6 nitrogen and oxygen atoms in total. The van der Waals surface area contributed by atoms with Crippen LogP contribution in [0.3, 0.4) is 0 Å². The molecule has 2 amide bonds. The van der Waals surface area contributed by atoms with E-state index in [0.29, 0.717) is 38.8 Å². The average molecular weight is 298 g/mol. The summed E-state index contributed by atoms with van der Waals surface area (Å²) in [5, 5.41) is 22.3. The summed E-state index contributed by atoms with van der Waals surface area (Å²) in [7, 11) is 0. The second kappa shape index (κ2) is 6.22. The van der Waals surface area contributed by atoms with Crippen molar-refractivity contribution in [3.63, 3.8) is 0 Å². The summed E-state index contributed by atoms with van der Waals surface area (Å²) in [4.78, 5) is 25.7. The number of carboxylic acids is 1. The van der Waals surface area contributed by atoms with E-state index in [1.807, 2.05) is 0 Å². The lowest BCUT2D eigenvalue weighted by molar-refractivity contribution is -0.145. The van der Waals surface area contributed by atoms with E-state index in [4.69, 9.17) is 0 Å². The number of hydrogen-bond acceptors (Lipinski definition) is 3. The van der Waals surface area contributed by atoms with Crippen LogP contribution in [0.4, 0.5) is 4.79 Å². The minimum absolute atomic E-state index is 0.310. The smallest absolute Gasteiger partial charge is 0.329 e. The van der Waals surface area contributed by atoms with Gasteiger partial charge in [0.05, 0.1) is 5.60 Å². The number of aliphatic carboxylic acids is 1. The first-order chi connectivity index (χ1) is 9.85. The summed E-state index contributed by atoms with van der Waals surface area (Å²) in [5.74, 6) is -0.929. The monoisotopic (exact) mass is 298 g/mol. The van der Waals surface area contributed by atoms with Gasteiger partial charge in [-0.25, -0.2) is 9.59 Å².